The fourth-order valence-electron chi connectivity index (χ4n) is 5.10. The van der Waals surface area contributed by atoms with Gasteiger partial charge in [-0.15, -0.1) is 0 Å². The van der Waals surface area contributed by atoms with Gasteiger partial charge in [0, 0.05) is 38.6 Å². The molecule has 5 rings (SSSR count). The van der Waals surface area contributed by atoms with Gasteiger partial charge in [-0.05, 0) is 37.5 Å². The number of hydrogen-bond acceptors (Lipinski definition) is 5. The maximum Gasteiger partial charge on any atom is 0.168 e. The van der Waals surface area contributed by atoms with E-state index in [4.69, 9.17) is 15.1 Å². The van der Waals surface area contributed by atoms with Crippen molar-refractivity contribution < 1.29 is 0 Å². The Morgan fingerprint density at radius 2 is 1.80 bits per heavy atom. The minimum Gasteiger partial charge on any atom is -0.355 e. The van der Waals surface area contributed by atoms with Gasteiger partial charge in [0.1, 0.15) is 11.6 Å². The van der Waals surface area contributed by atoms with Crippen LogP contribution in [0.2, 0.25) is 0 Å². The van der Waals surface area contributed by atoms with Gasteiger partial charge in [0.15, 0.2) is 5.65 Å². The van der Waals surface area contributed by atoms with Gasteiger partial charge in [0.25, 0.3) is 0 Å². The Kier molecular flexibility index (Phi) is 7.09. The average Bonchev–Trinajstić information content (AvgIpc) is 3.17. The van der Waals surface area contributed by atoms with E-state index in [0.717, 1.165) is 80.3 Å². The van der Waals surface area contributed by atoms with Crippen LogP contribution in [-0.2, 0) is 6.54 Å². The number of rotatable bonds is 7. The molecule has 0 saturated carbocycles. The molecular formula is C29H36N6. The van der Waals surface area contributed by atoms with Crippen molar-refractivity contribution in [2.75, 3.05) is 31.1 Å². The molecule has 0 radical (unpaired) electrons. The summed E-state index contributed by atoms with van der Waals surface area (Å²) in [6.45, 7) is 11.7. The summed E-state index contributed by atoms with van der Waals surface area (Å²) in [6.07, 6.45) is 5.26. The fourth-order valence-corrected chi connectivity index (χ4v) is 5.10. The van der Waals surface area contributed by atoms with E-state index in [-0.39, 0.29) is 0 Å². The van der Waals surface area contributed by atoms with Crippen molar-refractivity contribution in [3.05, 3.63) is 77.7 Å². The van der Waals surface area contributed by atoms with Gasteiger partial charge in [-0.2, -0.15) is 5.10 Å². The van der Waals surface area contributed by atoms with Crippen LogP contribution in [0.3, 0.4) is 0 Å². The van der Waals surface area contributed by atoms with Crippen molar-refractivity contribution in [2.45, 2.75) is 52.5 Å². The minimum atomic E-state index is 0.312. The molecule has 0 bridgehead atoms. The number of aryl methyl sites for hydroxylation is 1. The number of hydrogen-bond donors (Lipinski definition) is 0. The van der Waals surface area contributed by atoms with E-state index >= 15 is 0 Å². The van der Waals surface area contributed by atoms with Crippen LogP contribution in [0.15, 0.2) is 60.8 Å². The Labute approximate surface area is 208 Å². The van der Waals surface area contributed by atoms with Crippen molar-refractivity contribution in [3.8, 4) is 5.69 Å². The van der Waals surface area contributed by atoms with E-state index in [9.17, 15) is 0 Å². The maximum absolute atomic E-state index is 5.16. The van der Waals surface area contributed by atoms with Gasteiger partial charge in [0.05, 0.1) is 17.3 Å². The zero-order valence-electron chi connectivity index (χ0n) is 21.2. The molecule has 0 N–H and O–H groups in total. The second kappa shape index (κ2) is 10.6. The standard InChI is InChI=1S/C29H36N6/c1-4-10-23(3)27-31-28(26-20-30-35(29(26)32-27)25-13-6-5-7-14-25)34-16-9-15-33(17-18-34)21-24-12-8-11-22(2)19-24/h5-8,11-14,19-20,23H,4,9-10,15-18,21H2,1-3H3. The summed E-state index contributed by atoms with van der Waals surface area (Å²) in [6, 6.07) is 19.2. The van der Waals surface area contributed by atoms with Crippen LogP contribution < -0.4 is 4.90 Å². The zero-order chi connectivity index (χ0) is 24.2. The summed E-state index contributed by atoms with van der Waals surface area (Å²) in [5.74, 6) is 2.27. The lowest BCUT2D eigenvalue weighted by Gasteiger charge is -2.24. The Balaban J connectivity index is 1.46. The largest absolute Gasteiger partial charge is 0.355 e. The van der Waals surface area contributed by atoms with Crippen LogP contribution in [0.25, 0.3) is 16.7 Å². The summed E-state index contributed by atoms with van der Waals surface area (Å²) < 4.78 is 1.96. The van der Waals surface area contributed by atoms with Gasteiger partial charge in [-0.1, -0.05) is 68.3 Å². The van der Waals surface area contributed by atoms with Crippen molar-refractivity contribution in [2.24, 2.45) is 0 Å². The number of aromatic nitrogens is 4. The van der Waals surface area contributed by atoms with Crippen molar-refractivity contribution in [1.29, 1.82) is 0 Å². The highest BCUT2D eigenvalue weighted by Crippen LogP contribution is 2.30. The Morgan fingerprint density at radius 3 is 2.60 bits per heavy atom. The number of benzene rings is 2. The number of nitrogens with zero attached hydrogens (tertiary/aromatic N) is 6. The van der Waals surface area contributed by atoms with Crippen LogP contribution in [0, 0.1) is 6.92 Å². The summed E-state index contributed by atoms with van der Waals surface area (Å²) in [4.78, 5) is 15.2. The first-order chi connectivity index (χ1) is 17.1. The van der Waals surface area contributed by atoms with E-state index in [1.807, 2.05) is 29.1 Å². The maximum atomic E-state index is 5.16. The van der Waals surface area contributed by atoms with Gasteiger partial charge in [-0.3, -0.25) is 4.90 Å². The van der Waals surface area contributed by atoms with Crippen molar-refractivity contribution in [1.82, 2.24) is 24.6 Å². The van der Waals surface area contributed by atoms with Gasteiger partial charge < -0.3 is 4.90 Å². The molecule has 182 valence electrons. The second-order valence-corrected chi connectivity index (χ2v) is 9.83. The molecule has 1 unspecified atom stereocenters. The highest BCUT2D eigenvalue weighted by atomic mass is 15.3. The van der Waals surface area contributed by atoms with Crippen LogP contribution in [-0.4, -0.2) is 50.8 Å². The molecule has 3 heterocycles. The third kappa shape index (κ3) is 5.22. The zero-order valence-corrected chi connectivity index (χ0v) is 21.2. The molecule has 0 amide bonds. The minimum absolute atomic E-state index is 0.312. The van der Waals surface area contributed by atoms with E-state index in [1.165, 1.54) is 11.1 Å². The Hall–Kier alpha value is -3.25. The quantitative estimate of drug-likeness (QED) is 0.346. The highest BCUT2D eigenvalue weighted by Gasteiger charge is 2.23. The fraction of sp³-hybridized carbons (Fsp3) is 0.414. The van der Waals surface area contributed by atoms with E-state index in [2.05, 4.69) is 67.0 Å². The molecule has 0 spiro atoms. The summed E-state index contributed by atoms with van der Waals surface area (Å²) >= 11 is 0. The first-order valence-electron chi connectivity index (χ1n) is 13.0. The van der Waals surface area contributed by atoms with Crippen LogP contribution in [0.1, 0.15) is 56.0 Å². The van der Waals surface area contributed by atoms with Gasteiger partial charge >= 0.3 is 0 Å². The number of para-hydroxylation sites is 1. The average molecular weight is 469 g/mol. The van der Waals surface area contributed by atoms with Crippen LogP contribution in [0.5, 0.6) is 0 Å². The number of anilines is 1. The van der Waals surface area contributed by atoms with E-state index < -0.39 is 0 Å². The molecule has 0 aliphatic carbocycles. The lowest BCUT2D eigenvalue weighted by atomic mass is 10.1. The van der Waals surface area contributed by atoms with E-state index in [1.54, 1.807) is 0 Å². The first-order valence-corrected chi connectivity index (χ1v) is 13.0. The summed E-state index contributed by atoms with van der Waals surface area (Å²) in [5.41, 5.74) is 4.65. The third-order valence-corrected chi connectivity index (χ3v) is 6.97. The molecule has 1 fully saturated rings. The van der Waals surface area contributed by atoms with E-state index in [0.29, 0.717) is 5.92 Å². The SMILES string of the molecule is CCCC(C)c1nc(N2CCCN(Cc3cccc(C)c3)CC2)c2cnn(-c3ccccc3)c2n1. The third-order valence-electron chi connectivity index (χ3n) is 6.97. The molecule has 2 aromatic carbocycles. The lowest BCUT2D eigenvalue weighted by molar-refractivity contribution is 0.285. The van der Waals surface area contributed by atoms with Crippen molar-refractivity contribution in [3.63, 3.8) is 0 Å². The first kappa shape index (κ1) is 23.5. The number of fused-ring (bicyclic) bond motifs is 1. The van der Waals surface area contributed by atoms with Gasteiger partial charge in [-0.25, -0.2) is 14.6 Å². The smallest absolute Gasteiger partial charge is 0.168 e. The van der Waals surface area contributed by atoms with Crippen LogP contribution >= 0.6 is 0 Å². The van der Waals surface area contributed by atoms with Crippen LogP contribution in [0.4, 0.5) is 5.82 Å². The molecule has 1 aliphatic rings. The predicted octanol–water partition coefficient (Wildman–Crippen LogP) is 5.74. The molecular weight excluding hydrogens is 432 g/mol. The Morgan fingerprint density at radius 1 is 0.943 bits per heavy atom. The monoisotopic (exact) mass is 468 g/mol. The van der Waals surface area contributed by atoms with Crippen molar-refractivity contribution >= 4 is 16.9 Å². The molecule has 2 aromatic heterocycles. The highest BCUT2D eigenvalue weighted by molar-refractivity contribution is 5.88. The normalized spacial score (nSPS) is 15.9. The molecule has 1 atom stereocenters. The molecule has 1 saturated heterocycles. The lowest BCUT2D eigenvalue weighted by Crippen LogP contribution is -2.31. The Bertz CT molecular complexity index is 1260. The molecule has 35 heavy (non-hydrogen) atoms. The summed E-state index contributed by atoms with van der Waals surface area (Å²) in [7, 11) is 0. The molecule has 1 aliphatic heterocycles. The second-order valence-electron chi connectivity index (χ2n) is 9.83. The summed E-state index contributed by atoms with van der Waals surface area (Å²) in [5, 5.41) is 5.78. The predicted molar refractivity (Wildman–Crippen MR) is 143 cm³/mol. The molecule has 6 nitrogen and oxygen atoms in total. The molecule has 4 aromatic rings. The molecule has 6 heteroatoms. The topological polar surface area (TPSA) is 50.1 Å². The van der Waals surface area contributed by atoms with Gasteiger partial charge in [0.2, 0.25) is 0 Å².